The zero-order chi connectivity index (χ0) is 27.7. The van der Waals surface area contributed by atoms with E-state index in [0.29, 0.717) is 34.4 Å². The normalized spacial score (nSPS) is 25.4. The van der Waals surface area contributed by atoms with Gasteiger partial charge in [0.15, 0.2) is 0 Å². The summed E-state index contributed by atoms with van der Waals surface area (Å²) in [6.45, 7) is 1.14. The number of carboxylic acid groups (broad SMARTS) is 1. The van der Waals surface area contributed by atoms with Gasteiger partial charge in [-0.3, -0.25) is 9.59 Å². The van der Waals surface area contributed by atoms with Crippen molar-refractivity contribution in [3.63, 3.8) is 0 Å². The average molecular weight is 598 g/mol. The molecule has 0 bridgehead atoms. The minimum atomic E-state index is -3.74. The van der Waals surface area contributed by atoms with E-state index in [2.05, 4.69) is 0 Å². The number of benzene rings is 2. The zero-order valence-electron chi connectivity index (χ0n) is 21.1. The summed E-state index contributed by atoms with van der Waals surface area (Å²) in [5.41, 5.74) is 1.35. The third kappa shape index (κ3) is 6.42. The van der Waals surface area contributed by atoms with E-state index >= 15 is 0 Å². The van der Waals surface area contributed by atoms with Crippen LogP contribution in [-0.2, 0) is 29.1 Å². The number of amides is 1. The second-order valence-corrected chi connectivity index (χ2v) is 13.0. The van der Waals surface area contributed by atoms with E-state index in [1.807, 2.05) is 6.07 Å². The molecule has 1 saturated carbocycles. The first-order chi connectivity index (χ1) is 18.6. The van der Waals surface area contributed by atoms with Gasteiger partial charge in [0.2, 0.25) is 10.0 Å². The SMILES string of the molecule is O=C(O)C[C@H]1O[C@H](c2cccc(Cl)c2)[C@@H](c2ccc(Cl)cc2)N([C@H](CS(=O)(=O)N2CCOCC2)C2CC2)C1=O. The molecule has 4 atom stereocenters. The molecule has 1 amide bonds. The van der Waals surface area contributed by atoms with Crippen LogP contribution < -0.4 is 0 Å². The van der Waals surface area contributed by atoms with Gasteiger partial charge in [-0.15, -0.1) is 0 Å². The van der Waals surface area contributed by atoms with E-state index in [-0.39, 0.29) is 24.8 Å². The molecule has 2 aromatic carbocycles. The molecule has 0 aromatic heterocycles. The highest BCUT2D eigenvalue weighted by Crippen LogP contribution is 2.48. The third-order valence-electron chi connectivity index (χ3n) is 7.44. The number of carbonyl (C=O) groups is 2. The Bertz CT molecular complexity index is 1310. The Hall–Kier alpha value is -2.21. The van der Waals surface area contributed by atoms with Gasteiger partial charge in [-0.05, 0) is 54.2 Å². The van der Waals surface area contributed by atoms with E-state index in [1.165, 1.54) is 4.31 Å². The fourth-order valence-electron chi connectivity index (χ4n) is 5.43. The molecular weight excluding hydrogens is 567 g/mol. The standard InChI is InChI=1S/C27H30Cl2N2O7S/c28-20-8-6-18(7-9-20)25-26(19-2-1-3-21(29)14-19)38-23(15-24(32)33)27(34)31(25)22(17-4-5-17)16-39(35,36)30-10-12-37-13-11-30/h1-3,6-9,14,17,22-23,25-26H,4-5,10-13,15-16H2,(H,32,33)/t22-,23-,25-,26-/m1/s1. The van der Waals surface area contributed by atoms with Crippen LogP contribution in [0.15, 0.2) is 48.5 Å². The summed E-state index contributed by atoms with van der Waals surface area (Å²) < 4.78 is 40.2. The molecule has 2 saturated heterocycles. The molecule has 1 aliphatic carbocycles. The van der Waals surface area contributed by atoms with Crippen molar-refractivity contribution in [2.24, 2.45) is 5.92 Å². The number of morpholine rings is 2. The lowest BCUT2D eigenvalue weighted by Gasteiger charge is -2.48. The molecule has 9 nitrogen and oxygen atoms in total. The summed E-state index contributed by atoms with van der Waals surface area (Å²) >= 11 is 12.5. The van der Waals surface area contributed by atoms with Crippen molar-refractivity contribution in [3.8, 4) is 0 Å². The van der Waals surface area contributed by atoms with Crippen molar-refractivity contribution in [2.75, 3.05) is 32.1 Å². The molecule has 1 N–H and O–H groups in total. The minimum absolute atomic E-state index is 0.0387. The van der Waals surface area contributed by atoms with Gasteiger partial charge in [-0.1, -0.05) is 47.5 Å². The molecule has 39 heavy (non-hydrogen) atoms. The maximum atomic E-state index is 14.0. The van der Waals surface area contributed by atoms with Crippen molar-refractivity contribution in [1.29, 1.82) is 0 Å². The number of hydrogen-bond acceptors (Lipinski definition) is 6. The molecule has 0 radical (unpaired) electrons. The Morgan fingerprint density at radius 1 is 1.03 bits per heavy atom. The van der Waals surface area contributed by atoms with Gasteiger partial charge in [0.1, 0.15) is 12.2 Å². The molecule has 12 heteroatoms. The first-order valence-corrected chi connectivity index (χ1v) is 15.3. The highest BCUT2D eigenvalue weighted by Gasteiger charge is 2.52. The van der Waals surface area contributed by atoms with E-state index in [1.54, 1.807) is 47.4 Å². The zero-order valence-corrected chi connectivity index (χ0v) is 23.4. The number of carboxylic acids is 1. The number of halogens is 2. The van der Waals surface area contributed by atoms with Crippen molar-refractivity contribution < 1.29 is 32.6 Å². The summed E-state index contributed by atoms with van der Waals surface area (Å²) in [5, 5.41) is 10.6. The maximum Gasteiger partial charge on any atom is 0.306 e. The largest absolute Gasteiger partial charge is 0.481 e. The summed E-state index contributed by atoms with van der Waals surface area (Å²) in [6, 6.07) is 12.6. The number of rotatable bonds is 9. The van der Waals surface area contributed by atoms with Crippen LogP contribution in [0.4, 0.5) is 0 Å². The van der Waals surface area contributed by atoms with Crippen LogP contribution in [0.3, 0.4) is 0 Å². The molecule has 0 spiro atoms. The third-order valence-corrected chi connectivity index (χ3v) is 9.85. The second kappa shape index (κ2) is 11.7. The Morgan fingerprint density at radius 2 is 1.72 bits per heavy atom. The van der Waals surface area contributed by atoms with Crippen LogP contribution in [0.25, 0.3) is 0 Å². The number of ether oxygens (including phenoxy) is 2. The van der Waals surface area contributed by atoms with Crippen molar-refractivity contribution in [1.82, 2.24) is 9.21 Å². The Balaban J connectivity index is 1.61. The molecule has 3 fully saturated rings. The average Bonchev–Trinajstić information content (AvgIpc) is 3.75. The number of carbonyl (C=O) groups excluding carboxylic acids is 1. The summed E-state index contributed by atoms with van der Waals surface area (Å²) in [7, 11) is -3.74. The lowest BCUT2D eigenvalue weighted by atomic mass is 9.89. The van der Waals surface area contributed by atoms with Gasteiger partial charge < -0.3 is 19.5 Å². The minimum Gasteiger partial charge on any atom is -0.481 e. The summed E-state index contributed by atoms with van der Waals surface area (Å²) in [5.74, 6) is -2.03. The van der Waals surface area contributed by atoms with Crippen LogP contribution in [0.1, 0.15) is 42.5 Å². The maximum absolute atomic E-state index is 14.0. The lowest BCUT2D eigenvalue weighted by molar-refractivity contribution is -0.183. The predicted octanol–water partition coefficient (Wildman–Crippen LogP) is 3.92. The Kier molecular flexibility index (Phi) is 8.51. The van der Waals surface area contributed by atoms with Crippen LogP contribution in [0.2, 0.25) is 10.0 Å². The van der Waals surface area contributed by atoms with Gasteiger partial charge in [0.25, 0.3) is 5.91 Å². The van der Waals surface area contributed by atoms with Gasteiger partial charge >= 0.3 is 5.97 Å². The van der Waals surface area contributed by atoms with E-state index < -0.39 is 52.6 Å². The van der Waals surface area contributed by atoms with Gasteiger partial charge in [0.05, 0.1) is 37.5 Å². The van der Waals surface area contributed by atoms with E-state index in [4.69, 9.17) is 32.7 Å². The Morgan fingerprint density at radius 3 is 2.33 bits per heavy atom. The highest BCUT2D eigenvalue weighted by atomic mass is 35.5. The molecule has 2 heterocycles. The van der Waals surface area contributed by atoms with E-state index in [0.717, 1.165) is 12.8 Å². The molecule has 2 aliphatic heterocycles. The van der Waals surface area contributed by atoms with Crippen LogP contribution in [0.5, 0.6) is 0 Å². The van der Waals surface area contributed by atoms with Crippen LogP contribution in [0, 0.1) is 5.92 Å². The number of sulfonamides is 1. The van der Waals surface area contributed by atoms with Crippen molar-refractivity contribution in [2.45, 2.75) is 43.6 Å². The number of hydrogen-bond donors (Lipinski definition) is 1. The predicted molar refractivity (Wildman–Crippen MR) is 145 cm³/mol. The smallest absolute Gasteiger partial charge is 0.306 e. The molecule has 0 unspecified atom stereocenters. The van der Waals surface area contributed by atoms with Crippen molar-refractivity contribution >= 4 is 45.1 Å². The molecular formula is C27H30Cl2N2O7S. The monoisotopic (exact) mass is 596 g/mol. The quantitative estimate of drug-likeness (QED) is 0.466. The fraction of sp³-hybridized carbons (Fsp3) is 0.481. The number of nitrogens with zero attached hydrogens (tertiary/aromatic N) is 2. The molecule has 5 rings (SSSR count). The first-order valence-electron chi connectivity index (χ1n) is 12.9. The van der Waals surface area contributed by atoms with Gasteiger partial charge in [-0.25, -0.2) is 8.42 Å². The Labute approximate surface area is 237 Å². The highest BCUT2D eigenvalue weighted by molar-refractivity contribution is 7.89. The first kappa shape index (κ1) is 28.3. The molecule has 210 valence electrons. The van der Waals surface area contributed by atoms with E-state index in [9.17, 15) is 23.1 Å². The van der Waals surface area contributed by atoms with Crippen molar-refractivity contribution in [3.05, 3.63) is 69.7 Å². The number of aliphatic carboxylic acids is 1. The molecule has 3 aliphatic rings. The van der Waals surface area contributed by atoms with Crippen LogP contribution in [-0.4, -0.2) is 78.8 Å². The van der Waals surface area contributed by atoms with Crippen LogP contribution >= 0.6 is 23.2 Å². The van der Waals surface area contributed by atoms with Gasteiger partial charge in [0, 0.05) is 23.1 Å². The second-order valence-electron chi connectivity index (χ2n) is 10.1. The summed E-state index contributed by atoms with van der Waals surface area (Å²) in [6.07, 6.45) is -1.09. The topological polar surface area (TPSA) is 113 Å². The fourth-order valence-corrected chi connectivity index (χ4v) is 7.54. The molecule has 2 aromatic rings. The lowest BCUT2D eigenvalue weighted by Crippen LogP contribution is -2.58. The van der Waals surface area contributed by atoms with Gasteiger partial charge in [-0.2, -0.15) is 4.31 Å². The summed E-state index contributed by atoms with van der Waals surface area (Å²) in [4.78, 5) is 27.4.